The fourth-order valence-electron chi connectivity index (χ4n) is 2.64. The average molecular weight is 391 g/mol. The highest BCUT2D eigenvalue weighted by Crippen LogP contribution is 2.19. The number of carbonyl (C=O) groups excluding carboxylic acids is 1. The molecule has 0 aliphatic heterocycles. The lowest BCUT2D eigenvalue weighted by molar-refractivity contribution is -0.132. The normalized spacial score (nSPS) is 12.4. The summed E-state index contributed by atoms with van der Waals surface area (Å²) in [5.74, 6) is 0.348. The molecule has 0 spiro atoms. The van der Waals surface area contributed by atoms with Crippen molar-refractivity contribution in [2.45, 2.75) is 31.7 Å². The third-order valence-corrected chi connectivity index (χ3v) is 5.80. The predicted octanol–water partition coefficient (Wildman–Crippen LogP) is 2.97. The van der Waals surface area contributed by atoms with Gasteiger partial charge in [-0.25, -0.2) is 13.1 Å². The van der Waals surface area contributed by atoms with Gasteiger partial charge in [0.1, 0.15) is 5.75 Å². The Morgan fingerprint density at radius 1 is 1.04 bits per heavy atom. The highest BCUT2D eigenvalue weighted by molar-refractivity contribution is 7.89. The maximum Gasteiger partial charge on any atom is 0.260 e. The van der Waals surface area contributed by atoms with Crippen molar-refractivity contribution in [2.24, 2.45) is 0 Å². The van der Waals surface area contributed by atoms with E-state index in [0.29, 0.717) is 18.8 Å². The fraction of sp³-hybridized carbons (Fsp3) is 0.350. The van der Waals surface area contributed by atoms with Gasteiger partial charge in [0.15, 0.2) is 6.61 Å². The Morgan fingerprint density at radius 2 is 1.63 bits per heavy atom. The molecule has 0 aliphatic carbocycles. The van der Waals surface area contributed by atoms with E-state index in [1.165, 1.54) is 12.1 Å². The van der Waals surface area contributed by atoms with E-state index in [1.54, 1.807) is 24.0 Å². The monoisotopic (exact) mass is 390 g/mol. The number of ether oxygens (including phenoxy) is 1. The largest absolute Gasteiger partial charge is 0.484 e. The summed E-state index contributed by atoms with van der Waals surface area (Å²) in [5.41, 5.74) is 0.885. The van der Waals surface area contributed by atoms with Crippen LogP contribution < -0.4 is 9.46 Å². The van der Waals surface area contributed by atoms with Crippen LogP contribution in [0.1, 0.15) is 32.4 Å². The first-order valence-electron chi connectivity index (χ1n) is 8.95. The van der Waals surface area contributed by atoms with Crippen molar-refractivity contribution in [3.8, 4) is 5.75 Å². The molecular formula is C20H26N2O4S. The molecule has 6 nitrogen and oxygen atoms in total. The summed E-state index contributed by atoms with van der Waals surface area (Å²) in [4.78, 5) is 13.8. The number of nitrogens with one attached hydrogen (secondary N) is 1. The first kappa shape index (κ1) is 20.9. The summed E-state index contributed by atoms with van der Waals surface area (Å²) in [6, 6.07) is 15.1. The third kappa shape index (κ3) is 5.80. The van der Waals surface area contributed by atoms with E-state index >= 15 is 0 Å². The van der Waals surface area contributed by atoms with Gasteiger partial charge in [-0.15, -0.1) is 0 Å². The van der Waals surface area contributed by atoms with Gasteiger partial charge < -0.3 is 9.64 Å². The van der Waals surface area contributed by atoms with E-state index in [-0.39, 0.29) is 23.5 Å². The number of carbonyl (C=O) groups is 1. The molecule has 1 N–H and O–H groups in total. The molecule has 2 aromatic carbocycles. The molecular weight excluding hydrogens is 364 g/mol. The average Bonchev–Trinajstić information content (AvgIpc) is 2.68. The van der Waals surface area contributed by atoms with Gasteiger partial charge in [0.2, 0.25) is 10.0 Å². The Balaban J connectivity index is 2.00. The smallest absolute Gasteiger partial charge is 0.260 e. The van der Waals surface area contributed by atoms with Crippen LogP contribution in [0.5, 0.6) is 5.75 Å². The van der Waals surface area contributed by atoms with E-state index in [9.17, 15) is 13.2 Å². The van der Waals surface area contributed by atoms with Gasteiger partial charge >= 0.3 is 0 Å². The number of rotatable bonds is 9. The molecule has 0 radical (unpaired) electrons. The molecule has 0 fully saturated rings. The van der Waals surface area contributed by atoms with Crippen LogP contribution in [0.4, 0.5) is 0 Å². The quantitative estimate of drug-likeness (QED) is 0.714. The third-order valence-electron chi connectivity index (χ3n) is 4.24. The molecule has 1 amide bonds. The summed E-state index contributed by atoms with van der Waals surface area (Å²) < 4.78 is 33.2. The van der Waals surface area contributed by atoms with Crippen LogP contribution in [0.2, 0.25) is 0 Å². The molecule has 2 rings (SSSR count). The molecule has 2 aromatic rings. The summed E-state index contributed by atoms with van der Waals surface area (Å²) >= 11 is 0. The van der Waals surface area contributed by atoms with Gasteiger partial charge in [0.25, 0.3) is 5.91 Å². The molecule has 0 unspecified atom stereocenters. The van der Waals surface area contributed by atoms with Gasteiger partial charge in [0.05, 0.1) is 4.90 Å². The zero-order valence-corrected chi connectivity index (χ0v) is 16.7. The molecule has 146 valence electrons. The highest BCUT2D eigenvalue weighted by atomic mass is 32.2. The number of nitrogens with zero attached hydrogens (tertiary/aromatic N) is 1. The maximum absolute atomic E-state index is 12.5. The first-order chi connectivity index (χ1) is 12.9. The van der Waals surface area contributed by atoms with Crippen LogP contribution in [0.25, 0.3) is 0 Å². The van der Waals surface area contributed by atoms with Crippen molar-refractivity contribution < 1.29 is 17.9 Å². The number of benzene rings is 2. The number of hydrogen-bond donors (Lipinski definition) is 1. The minimum atomic E-state index is -3.66. The van der Waals surface area contributed by atoms with Crippen molar-refractivity contribution in [3.63, 3.8) is 0 Å². The number of hydrogen-bond acceptors (Lipinski definition) is 4. The highest BCUT2D eigenvalue weighted by Gasteiger charge is 2.18. The summed E-state index contributed by atoms with van der Waals surface area (Å²) in [6.45, 7) is 6.79. The summed E-state index contributed by atoms with van der Waals surface area (Å²) in [6.07, 6.45) is 0. The molecule has 0 bridgehead atoms. The standard InChI is InChI=1S/C20H26N2O4S/c1-4-22(5-2)20(23)15-26-18-11-13-19(14-12-18)27(24,25)21-16(3)17-9-7-6-8-10-17/h6-14,16,21H,4-5,15H2,1-3H3/t16-/m1/s1. The van der Waals surface area contributed by atoms with E-state index in [1.807, 2.05) is 44.2 Å². The lowest BCUT2D eigenvalue weighted by Gasteiger charge is -2.18. The molecule has 0 aromatic heterocycles. The van der Waals surface area contributed by atoms with E-state index < -0.39 is 10.0 Å². The Labute approximate surface area is 161 Å². The second-order valence-electron chi connectivity index (χ2n) is 6.08. The molecule has 1 atom stereocenters. The minimum Gasteiger partial charge on any atom is -0.484 e. The van der Waals surface area contributed by atoms with Crippen LogP contribution in [0, 0.1) is 0 Å². The van der Waals surface area contributed by atoms with Crippen molar-refractivity contribution in [3.05, 3.63) is 60.2 Å². The molecule has 0 saturated carbocycles. The molecule has 0 saturated heterocycles. The second-order valence-corrected chi connectivity index (χ2v) is 7.79. The van der Waals surface area contributed by atoms with E-state index in [2.05, 4.69) is 4.72 Å². The van der Waals surface area contributed by atoms with Gasteiger partial charge in [-0.05, 0) is 50.6 Å². The Morgan fingerprint density at radius 3 is 2.19 bits per heavy atom. The summed E-state index contributed by atoms with van der Waals surface area (Å²) in [5, 5.41) is 0. The van der Waals surface area contributed by atoms with Gasteiger partial charge in [-0.2, -0.15) is 0 Å². The number of amides is 1. The van der Waals surface area contributed by atoms with Crippen molar-refractivity contribution in [1.29, 1.82) is 0 Å². The molecule has 0 aliphatic rings. The van der Waals surface area contributed by atoms with Crippen molar-refractivity contribution in [1.82, 2.24) is 9.62 Å². The van der Waals surface area contributed by atoms with Gasteiger partial charge in [0, 0.05) is 19.1 Å². The lowest BCUT2D eigenvalue weighted by atomic mass is 10.1. The summed E-state index contributed by atoms with van der Waals surface area (Å²) in [7, 11) is -3.66. The van der Waals surface area contributed by atoms with Crippen LogP contribution in [-0.4, -0.2) is 38.9 Å². The molecule has 0 heterocycles. The van der Waals surface area contributed by atoms with E-state index in [0.717, 1.165) is 5.56 Å². The Hall–Kier alpha value is -2.38. The maximum atomic E-state index is 12.5. The Bertz CT molecular complexity index is 832. The van der Waals surface area contributed by atoms with Crippen molar-refractivity contribution >= 4 is 15.9 Å². The molecule has 27 heavy (non-hydrogen) atoms. The number of likely N-dealkylation sites (N-methyl/N-ethyl adjacent to an activating group) is 1. The zero-order chi connectivity index (χ0) is 19.9. The SMILES string of the molecule is CCN(CC)C(=O)COc1ccc(S(=O)(=O)N[C@H](C)c2ccccc2)cc1. The lowest BCUT2D eigenvalue weighted by Crippen LogP contribution is -2.34. The second kappa shape index (κ2) is 9.53. The minimum absolute atomic E-state index is 0.0724. The van der Waals surface area contributed by atoms with Crippen LogP contribution in [-0.2, 0) is 14.8 Å². The fourth-order valence-corrected chi connectivity index (χ4v) is 3.87. The number of sulfonamides is 1. The van der Waals surface area contributed by atoms with E-state index in [4.69, 9.17) is 4.74 Å². The first-order valence-corrected chi connectivity index (χ1v) is 10.4. The topological polar surface area (TPSA) is 75.7 Å². The molecule has 7 heteroatoms. The predicted molar refractivity (Wildman–Crippen MR) is 105 cm³/mol. The van der Waals surface area contributed by atoms with Crippen molar-refractivity contribution in [2.75, 3.05) is 19.7 Å². The van der Waals surface area contributed by atoms with Crippen LogP contribution >= 0.6 is 0 Å². The Kier molecular flexibility index (Phi) is 7.38. The van der Waals surface area contributed by atoms with Crippen LogP contribution in [0.15, 0.2) is 59.5 Å². The van der Waals surface area contributed by atoms with Gasteiger partial charge in [-0.3, -0.25) is 4.79 Å². The zero-order valence-electron chi connectivity index (χ0n) is 15.9. The van der Waals surface area contributed by atoms with Crippen LogP contribution in [0.3, 0.4) is 0 Å². The van der Waals surface area contributed by atoms with Gasteiger partial charge in [-0.1, -0.05) is 30.3 Å².